The van der Waals surface area contributed by atoms with Crippen LogP contribution < -0.4 is 10.6 Å². The Morgan fingerprint density at radius 2 is 1.60 bits per heavy atom. The van der Waals surface area contributed by atoms with Crippen LogP contribution in [0, 0.1) is 5.92 Å². The highest BCUT2D eigenvalue weighted by Gasteiger charge is 2.30. The molecule has 1 aromatic rings. The van der Waals surface area contributed by atoms with Gasteiger partial charge in [-0.15, -0.1) is 0 Å². The molecule has 2 aliphatic rings. The van der Waals surface area contributed by atoms with Crippen molar-refractivity contribution in [2.75, 3.05) is 19.6 Å². The highest BCUT2D eigenvalue weighted by Crippen LogP contribution is 2.27. The Morgan fingerprint density at radius 1 is 1.00 bits per heavy atom. The molecule has 1 saturated carbocycles. The van der Waals surface area contributed by atoms with Crippen molar-refractivity contribution in [1.29, 1.82) is 0 Å². The minimum absolute atomic E-state index is 0. The van der Waals surface area contributed by atoms with Crippen LogP contribution in [0.2, 0.25) is 5.02 Å². The smallest absolute Gasteiger partial charge is 0.252 e. The van der Waals surface area contributed by atoms with Gasteiger partial charge in [-0.2, -0.15) is 0 Å². The quantitative estimate of drug-likeness (QED) is 0.633. The zero-order valence-corrected chi connectivity index (χ0v) is 18.0. The Kier molecular flexibility index (Phi) is 11.4. The van der Waals surface area contributed by atoms with Gasteiger partial charge in [-0.25, -0.2) is 8.42 Å². The zero-order chi connectivity index (χ0) is 20.0. The molecule has 0 bridgehead atoms. The summed E-state index contributed by atoms with van der Waals surface area (Å²) >= 11 is 6.23. The predicted molar refractivity (Wildman–Crippen MR) is 126 cm³/mol. The van der Waals surface area contributed by atoms with Crippen LogP contribution in [0.4, 0.5) is 0 Å². The number of rotatable bonds is 5. The van der Waals surface area contributed by atoms with Crippen molar-refractivity contribution in [1.82, 2.24) is 10.6 Å². The third-order valence-electron chi connectivity index (χ3n) is 6.01. The summed E-state index contributed by atoms with van der Waals surface area (Å²) < 4.78 is 25.9. The number of piperidine rings is 1. The Labute approximate surface area is 188 Å². The number of carbonyl (C=O) groups is 1. The molecule has 0 unspecified atom stereocenters. The lowest BCUT2D eigenvalue weighted by molar-refractivity contribution is 0.0944. The van der Waals surface area contributed by atoms with Gasteiger partial charge in [0.1, 0.15) is 0 Å². The van der Waals surface area contributed by atoms with Crippen molar-refractivity contribution in [3.8, 4) is 0 Å². The monoisotopic (exact) mass is 458 g/mol. The number of carbonyl (C=O) groups excluding carboxylic acids is 1. The molecule has 2 fully saturated rings. The first-order valence-electron chi connectivity index (χ1n) is 10.5. The van der Waals surface area contributed by atoms with Crippen LogP contribution in [0.1, 0.15) is 83.0 Å². The second-order valence-corrected chi connectivity index (χ2v) is 10.7. The van der Waals surface area contributed by atoms with Crippen LogP contribution in [0.25, 0.3) is 0 Å². The second-order valence-electron chi connectivity index (χ2n) is 8.06. The molecule has 3 rings (SSSR count). The largest absolute Gasteiger partial charge is 0.352 e. The second kappa shape index (κ2) is 12.7. The lowest BCUT2D eigenvalue weighted by Crippen LogP contribution is -2.36. The molecule has 5 nitrogen and oxygen atoms in total. The third-order valence-corrected chi connectivity index (χ3v) is 8.60. The van der Waals surface area contributed by atoms with Crippen LogP contribution in [0.3, 0.4) is 0 Å². The van der Waals surface area contributed by atoms with Crippen LogP contribution >= 0.6 is 11.6 Å². The van der Waals surface area contributed by atoms with Crippen LogP contribution in [0.15, 0.2) is 23.1 Å². The number of amides is 1. The zero-order valence-electron chi connectivity index (χ0n) is 16.4. The molecular weight excluding hydrogens is 420 g/mol. The van der Waals surface area contributed by atoms with E-state index in [2.05, 4.69) is 10.6 Å². The van der Waals surface area contributed by atoms with Crippen molar-refractivity contribution in [2.45, 2.75) is 82.8 Å². The topological polar surface area (TPSA) is 75.3 Å². The summed E-state index contributed by atoms with van der Waals surface area (Å²) in [7, 11) is -3.46. The van der Waals surface area contributed by atoms with Gasteiger partial charge in [-0.3, -0.25) is 4.79 Å². The summed E-state index contributed by atoms with van der Waals surface area (Å²) in [6.07, 6.45) is 9.74. The van der Waals surface area contributed by atoms with E-state index in [9.17, 15) is 13.2 Å². The molecule has 1 aliphatic carbocycles. The fraction of sp³-hybridized carbons (Fsp3) is 0.696. The summed E-state index contributed by atoms with van der Waals surface area (Å²) in [6.45, 7) is 2.03. The van der Waals surface area contributed by atoms with Crippen LogP contribution in [0.5, 0.6) is 0 Å². The van der Waals surface area contributed by atoms with Gasteiger partial charge in [0.25, 0.3) is 5.91 Å². The van der Waals surface area contributed by atoms with Gasteiger partial charge < -0.3 is 10.6 Å². The molecule has 0 radical (unpaired) electrons. The van der Waals surface area contributed by atoms with Gasteiger partial charge in [0.05, 0.1) is 20.7 Å². The molecule has 1 saturated heterocycles. The summed E-state index contributed by atoms with van der Waals surface area (Å²) in [5.41, 5.74) is 0.252. The van der Waals surface area contributed by atoms with E-state index < -0.39 is 15.1 Å². The fourth-order valence-electron chi connectivity index (χ4n) is 4.23. The molecule has 1 aromatic carbocycles. The van der Waals surface area contributed by atoms with E-state index in [-0.39, 0.29) is 31.2 Å². The van der Waals surface area contributed by atoms with Gasteiger partial charge in [0.2, 0.25) is 0 Å². The van der Waals surface area contributed by atoms with E-state index in [0.717, 1.165) is 12.8 Å². The molecule has 1 amide bonds. The summed E-state index contributed by atoms with van der Waals surface area (Å²) in [5.74, 6) is 0.207. The Balaban J connectivity index is 0.00000225. The van der Waals surface area contributed by atoms with E-state index in [4.69, 9.17) is 11.6 Å². The van der Waals surface area contributed by atoms with Crippen molar-refractivity contribution < 1.29 is 13.2 Å². The number of sulfone groups is 1. The highest BCUT2D eigenvalue weighted by molar-refractivity contribution is 7.92. The van der Waals surface area contributed by atoms with Gasteiger partial charge in [-0.05, 0) is 62.9 Å². The molecular formula is C23H39ClN2O3S. The van der Waals surface area contributed by atoms with E-state index >= 15 is 0 Å². The number of hydrogen-bond donors (Lipinski definition) is 2. The van der Waals surface area contributed by atoms with Gasteiger partial charge in [0, 0.05) is 6.54 Å². The first-order chi connectivity index (χ1) is 13.5. The molecule has 0 spiro atoms. The number of hydrogen-bond acceptors (Lipinski definition) is 4. The van der Waals surface area contributed by atoms with Gasteiger partial charge in [-0.1, -0.05) is 58.6 Å². The molecule has 0 atom stereocenters. The Morgan fingerprint density at radius 3 is 2.23 bits per heavy atom. The first kappa shape index (κ1) is 26.9. The van der Waals surface area contributed by atoms with Crippen LogP contribution in [-0.4, -0.2) is 39.2 Å². The molecule has 172 valence electrons. The highest BCUT2D eigenvalue weighted by atomic mass is 35.5. The lowest BCUT2D eigenvalue weighted by Gasteiger charge is -2.23. The molecule has 1 heterocycles. The minimum atomic E-state index is -3.46. The number of nitrogens with one attached hydrogen (secondary N) is 2. The summed E-state index contributed by atoms with van der Waals surface area (Å²) in [6, 6.07) is 4.50. The number of halogens is 1. The lowest BCUT2D eigenvalue weighted by atomic mass is 9.91. The van der Waals surface area contributed by atoms with Crippen LogP contribution in [-0.2, 0) is 9.84 Å². The first-order valence-corrected chi connectivity index (χ1v) is 12.4. The van der Waals surface area contributed by atoms with E-state index in [1.165, 1.54) is 50.3 Å². The summed E-state index contributed by atoms with van der Waals surface area (Å²) in [4.78, 5) is 12.9. The van der Waals surface area contributed by atoms with Crippen molar-refractivity contribution in [2.24, 2.45) is 5.92 Å². The van der Waals surface area contributed by atoms with Crippen molar-refractivity contribution >= 4 is 27.3 Å². The average molecular weight is 459 g/mol. The normalized spacial score (nSPS) is 19.0. The fourth-order valence-corrected chi connectivity index (χ4v) is 6.22. The van der Waals surface area contributed by atoms with Crippen molar-refractivity contribution in [3.05, 3.63) is 28.8 Å². The SMILES string of the molecule is C.C.O=C(NCC1CCCCCCC1)c1cc(S(=O)(=O)C2CCNCC2)ccc1Cl. The van der Waals surface area contributed by atoms with E-state index in [1.54, 1.807) is 0 Å². The van der Waals surface area contributed by atoms with Gasteiger partial charge >= 0.3 is 0 Å². The van der Waals surface area contributed by atoms with E-state index in [1.807, 2.05) is 0 Å². The average Bonchev–Trinajstić information content (AvgIpc) is 2.68. The standard InChI is InChI=1S/C21H31ClN2O3S.2CH4/c22-20-9-8-18(28(26,27)17-10-12-23-13-11-17)14-19(20)21(25)24-15-16-6-4-2-1-3-5-7-16;;/h8-9,14,16-17,23H,1-7,10-13,15H2,(H,24,25);2*1H4. The number of benzene rings is 1. The third kappa shape index (κ3) is 6.96. The minimum Gasteiger partial charge on any atom is -0.352 e. The maximum absolute atomic E-state index is 12.9. The summed E-state index contributed by atoms with van der Waals surface area (Å²) in [5, 5.41) is 6.06. The predicted octanol–water partition coefficient (Wildman–Crippen LogP) is 5.23. The molecule has 30 heavy (non-hydrogen) atoms. The molecule has 7 heteroatoms. The van der Waals surface area contributed by atoms with Crippen molar-refractivity contribution in [3.63, 3.8) is 0 Å². The van der Waals surface area contributed by atoms with E-state index in [0.29, 0.717) is 43.4 Å². The molecule has 2 N–H and O–H groups in total. The molecule has 1 aliphatic heterocycles. The Hall–Kier alpha value is -1.11. The maximum Gasteiger partial charge on any atom is 0.252 e. The maximum atomic E-state index is 12.9. The Bertz CT molecular complexity index is 769. The molecule has 0 aromatic heterocycles. The van der Waals surface area contributed by atoms with Gasteiger partial charge in [0.15, 0.2) is 9.84 Å².